The molecule has 1 fully saturated rings. The number of benzene rings is 1. The van der Waals surface area contributed by atoms with E-state index < -0.39 is 12.2 Å². The molecule has 35 heavy (non-hydrogen) atoms. The van der Waals surface area contributed by atoms with E-state index in [0.717, 1.165) is 31.4 Å². The third kappa shape index (κ3) is 5.04. The maximum absolute atomic E-state index is 11.5. The van der Waals surface area contributed by atoms with Crippen LogP contribution in [0.4, 0.5) is 5.82 Å². The van der Waals surface area contributed by atoms with Gasteiger partial charge in [-0.15, -0.1) is 0 Å². The number of hydrogen-bond acceptors (Lipinski definition) is 9. The zero-order valence-electron chi connectivity index (χ0n) is 19.5. The third-order valence-corrected chi connectivity index (χ3v) is 6.79. The van der Waals surface area contributed by atoms with Gasteiger partial charge < -0.3 is 30.3 Å². The van der Waals surface area contributed by atoms with Crippen LogP contribution in [0.2, 0.25) is 0 Å². The van der Waals surface area contributed by atoms with Crippen molar-refractivity contribution >= 4 is 22.8 Å². The first-order valence-electron chi connectivity index (χ1n) is 11.8. The zero-order chi connectivity index (χ0) is 24.4. The molecule has 1 aromatic carbocycles. The normalized spacial score (nSPS) is 21.5. The van der Waals surface area contributed by atoms with Gasteiger partial charge in [0.15, 0.2) is 18.2 Å². The molecule has 2 aliphatic rings. The van der Waals surface area contributed by atoms with Gasteiger partial charge in [-0.3, -0.25) is 4.79 Å². The van der Waals surface area contributed by atoms with Crippen molar-refractivity contribution in [2.24, 2.45) is 5.92 Å². The molecule has 184 valence electrons. The van der Waals surface area contributed by atoms with Crippen LogP contribution in [-0.4, -0.2) is 56.9 Å². The summed E-state index contributed by atoms with van der Waals surface area (Å²) in [6.07, 6.45) is 2.90. The van der Waals surface area contributed by atoms with Crippen molar-refractivity contribution in [3.05, 3.63) is 47.8 Å². The summed E-state index contributed by atoms with van der Waals surface area (Å²) >= 11 is 0. The number of aliphatic hydroxyl groups is 2. The Hall–Kier alpha value is -3.34. The minimum absolute atomic E-state index is 0.0121. The maximum atomic E-state index is 11.5. The van der Waals surface area contributed by atoms with Crippen LogP contribution in [0.15, 0.2) is 36.5 Å². The lowest BCUT2D eigenvalue weighted by atomic mass is 9.80. The average Bonchev–Trinajstić information content (AvgIpc) is 2.90. The van der Waals surface area contributed by atoms with E-state index in [9.17, 15) is 15.0 Å². The Morgan fingerprint density at radius 3 is 2.80 bits per heavy atom. The Bertz CT molecular complexity index is 1210. The second-order valence-electron chi connectivity index (χ2n) is 9.04. The molecular formula is C25H29N5O5. The average molecular weight is 480 g/mol. The van der Waals surface area contributed by atoms with E-state index in [-0.39, 0.29) is 24.5 Å². The van der Waals surface area contributed by atoms with Crippen LogP contribution in [-0.2, 0) is 11.3 Å². The van der Waals surface area contributed by atoms with Crippen molar-refractivity contribution in [3.8, 4) is 11.6 Å². The number of pyridine rings is 1. The van der Waals surface area contributed by atoms with E-state index in [1.54, 1.807) is 6.07 Å². The largest absolute Gasteiger partial charge is 0.480 e. The summed E-state index contributed by atoms with van der Waals surface area (Å²) in [7, 11) is 1.52. The molecule has 4 N–H and O–H groups in total. The lowest BCUT2D eigenvalue weighted by Crippen LogP contribution is -2.37. The van der Waals surface area contributed by atoms with Gasteiger partial charge in [0.2, 0.25) is 5.88 Å². The molecule has 3 aromatic rings. The Labute approximate surface area is 202 Å². The summed E-state index contributed by atoms with van der Waals surface area (Å²) < 4.78 is 10.5. The number of aromatic nitrogens is 3. The molecule has 1 aliphatic carbocycles. The van der Waals surface area contributed by atoms with E-state index in [2.05, 4.69) is 25.6 Å². The van der Waals surface area contributed by atoms with Gasteiger partial charge in [-0.05, 0) is 49.8 Å². The first-order valence-corrected chi connectivity index (χ1v) is 11.8. The second kappa shape index (κ2) is 10.1. The molecule has 0 radical (unpaired) electrons. The highest BCUT2D eigenvalue weighted by molar-refractivity contribution is 5.94. The second-order valence-corrected chi connectivity index (χ2v) is 9.04. The van der Waals surface area contributed by atoms with E-state index in [1.165, 1.54) is 13.3 Å². The van der Waals surface area contributed by atoms with Gasteiger partial charge in [0, 0.05) is 18.2 Å². The highest BCUT2D eigenvalue weighted by Gasteiger charge is 2.32. The van der Waals surface area contributed by atoms with Crippen LogP contribution in [0, 0.1) is 5.92 Å². The predicted molar refractivity (Wildman–Crippen MR) is 128 cm³/mol. The summed E-state index contributed by atoms with van der Waals surface area (Å²) in [6, 6.07) is 9.39. The van der Waals surface area contributed by atoms with Gasteiger partial charge in [-0.2, -0.15) is 0 Å². The van der Waals surface area contributed by atoms with Crippen LogP contribution in [0.1, 0.15) is 43.0 Å². The van der Waals surface area contributed by atoms with E-state index in [0.29, 0.717) is 40.6 Å². The van der Waals surface area contributed by atoms with Crippen LogP contribution in [0.25, 0.3) is 11.0 Å². The molecule has 1 aliphatic heterocycles. The first-order chi connectivity index (χ1) is 17.0. The van der Waals surface area contributed by atoms with Gasteiger partial charge in [-0.1, -0.05) is 12.1 Å². The Balaban J connectivity index is 1.17. The number of ether oxygens (including phenoxy) is 2. The molecule has 2 aromatic heterocycles. The number of hydrogen-bond donors (Lipinski definition) is 4. The highest BCUT2D eigenvalue weighted by Crippen LogP contribution is 2.35. The standard InChI is InChI=1S/C25H29N5O5/c1-34-21-12-27-18-4-2-3-17(22(18)30-21)24(33)23(32)14-5-7-15(8-6-14)26-11-16-9-10-19-25(28-16)29-20(31)13-35-19/h2-4,9-10,12,14-15,23-24,26,32-33H,5-8,11,13H2,1H3,(H,28,29,31)/t14?,15?,23-,24-/m0/s1. The summed E-state index contributed by atoms with van der Waals surface area (Å²) in [5.41, 5.74) is 2.55. The van der Waals surface area contributed by atoms with Crippen molar-refractivity contribution < 1.29 is 24.5 Å². The van der Waals surface area contributed by atoms with Crippen LogP contribution >= 0.6 is 0 Å². The molecule has 10 heteroatoms. The molecule has 1 amide bonds. The van der Waals surface area contributed by atoms with E-state index >= 15 is 0 Å². The SMILES string of the molecule is COc1cnc2cccc([C@H](O)[C@@H](O)C3CCC(NCc4ccc5c(n4)NC(=O)CO5)CC3)c2n1. The number of carbonyl (C=O) groups excluding carboxylic acids is 1. The molecule has 0 unspecified atom stereocenters. The number of carbonyl (C=O) groups is 1. The van der Waals surface area contributed by atoms with Crippen molar-refractivity contribution in [2.45, 2.75) is 50.5 Å². The number of methoxy groups -OCH3 is 1. The monoisotopic (exact) mass is 479 g/mol. The smallest absolute Gasteiger partial charge is 0.263 e. The molecule has 2 atom stereocenters. The fourth-order valence-corrected chi connectivity index (χ4v) is 4.83. The molecule has 0 saturated heterocycles. The fraction of sp³-hybridized carbons (Fsp3) is 0.440. The van der Waals surface area contributed by atoms with Gasteiger partial charge >= 0.3 is 0 Å². The topological polar surface area (TPSA) is 139 Å². The molecular weight excluding hydrogens is 450 g/mol. The fourth-order valence-electron chi connectivity index (χ4n) is 4.83. The molecule has 1 saturated carbocycles. The number of aliphatic hydroxyl groups excluding tert-OH is 2. The number of nitrogens with one attached hydrogen (secondary N) is 2. The molecule has 3 heterocycles. The highest BCUT2D eigenvalue weighted by atomic mass is 16.5. The van der Waals surface area contributed by atoms with Crippen molar-refractivity contribution in [2.75, 3.05) is 19.0 Å². The van der Waals surface area contributed by atoms with Crippen LogP contribution in [0.5, 0.6) is 11.6 Å². The molecule has 0 bridgehead atoms. The summed E-state index contributed by atoms with van der Waals surface area (Å²) in [5, 5.41) is 28.3. The van der Waals surface area contributed by atoms with Crippen molar-refractivity contribution in [3.63, 3.8) is 0 Å². The molecule has 5 rings (SSSR count). The Morgan fingerprint density at radius 1 is 1.17 bits per heavy atom. The quantitative estimate of drug-likeness (QED) is 0.401. The Morgan fingerprint density at radius 2 is 2.00 bits per heavy atom. The van der Waals surface area contributed by atoms with Crippen molar-refractivity contribution in [1.29, 1.82) is 0 Å². The first kappa shape index (κ1) is 23.4. The number of nitrogens with zero attached hydrogens (tertiary/aromatic N) is 3. The minimum Gasteiger partial charge on any atom is -0.480 e. The Kier molecular flexibility index (Phi) is 6.76. The zero-order valence-corrected chi connectivity index (χ0v) is 19.5. The number of anilines is 1. The summed E-state index contributed by atoms with van der Waals surface area (Å²) in [4.78, 5) is 24.8. The third-order valence-electron chi connectivity index (χ3n) is 6.79. The lowest BCUT2D eigenvalue weighted by molar-refractivity contribution is -0.118. The number of rotatable bonds is 7. The number of amides is 1. The number of fused-ring (bicyclic) bond motifs is 2. The summed E-state index contributed by atoms with van der Waals surface area (Å²) in [5.74, 6) is 1.17. The van der Waals surface area contributed by atoms with Gasteiger partial charge in [-0.25, -0.2) is 15.0 Å². The van der Waals surface area contributed by atoms with E-state index in [1.807, 2.05) is 24.3 Å². The molecule has 0 spiro atoms. The summed E-state index contributed by atoms with van der Waals surface area (Å²) in [6.45, 7) is 0.582. The lowest BCUT2D eigenvalue weighted by Gasteiger charge is -2.34. The van der Waals surface area contributed by atoms with Gasteiger partial charge in [0.05, 0.1) is 36.1 Å². The van der Waals surface area contributed by atoms with Crippen molar-refractivity contribution in [1.82, 2.24) is 20.3 Å². The maximum Gasteiger partial charge on any atom is 0.263 e. The number of para-hydroxylation sites is 1. The predicted octanol–water partition coefficient (Wildman–Crippen LogP) is 2.11. The minimum atomic E-state index is -1.06. The molecule has 10 nitrogen and oxygen atoms in total. The van der Waals surface area contributed by atoms with Gasteiger partial charge in [0.1, 0.15) is 6.10 Å². The van der Waals surface area contributed by atoms with Gasteiger partial charge in [0.25, 0.3) is 5.91 Å². The van der Waals surface area contributed by atoms with Crippen LogP contribution in [0.3, 0.4) is 0 Å². The van der Waals surface area contributed by atoms with E-state index in [4.69, 9.17) is 9.47 Å². The van der Waals surface area contributed by atoms with Crippen LogP contribution < -0.4 is 20.1 Å².